The highest BCUT2D eigenvalue weighted by Gasteiger charge is 2.42. The molecule has 5 nitrogen and oxygen atoms in total. The van der Waals surface area contributed by atoms with E-state index in [9.17, 15) is 9.18 Å². The molecule has 1 unspecified atom stereocenters. The largest absolute Gasteiger partial charge is 0.324 e. The normalized spacial score (nSPS) is 16.3. The fraction of sp³-hybridized carbons (Fsp3) is 0.211. The number of carbonyl (C=O) groups is 1. The summed E-state index contributed by atoms with van der Waals surface area (Å²) in [6, 6.07) is 11.5. The monoisotopic (exact) mass is 336 g/mol. The van der Waals surface area contributed by atoms with Crippen molar-refractivity contribution in [2.24, 2.45) is 0 Å². The predicted octanol–water partition coefficient (Wildman–Crippen LogP) is 3.57. The minimum atomic E-state index is -0.305. The summed E-state index contributed by atoms with van der Waals surface area (Å²) in [5, 5.41) is 7.21. The summed E-state index contributed by atoms with van der Waals surface area (Å²) in [5.74, 6) is -0.380. The number of aromatic nitrogens is 3. The van der Waals surface area contributed by atoms with E-state index in [2.05, 4.69) is 15.2 Å². The van der Waals surface area contributed by atoms with E-state index in [1.807, 2.05) is 30.0 Å². The topological polar surface area (TPSA) is 61.9 Å². The Morgan fingerprint density at radius 1 is 1.20 bits per heavy atom. The minimum absolute atomic E-state index is 0.0756. The Labute approximate surface area is 144 Å². The molecular formula is C19H17FN4O. The SMILES string of the molecule is CCCN1C(=O)c2[nH]nc(-c3ccc(F)cc3)c2C1c1ccccn1. The summed E-state index contributed by atoms with van der Waals surface area (Å²) in [7, 11) is 0. The molecule has 0 spiro atoms. The number of H-pyrrole nitrogens is 1. The molecular weight excluding hydrogens is 319 g/mol. The van der Waals surface area contributed by atoms with Gasteiger partial charge < -0.3 is 4.90 Å². The standard InChI is InChI=1S/C19H17FN4O/c1-2-11-24-18(14-5-3-4-10-21-14)15-16(22-23-17(15)19(24)25)12-6-8-13(20)9-7-12/h3-10,18H,2,11H2,1H3,(H,22,23). The van der Waals surface area contributed by atoms with Crippen LogP contribution in [0.5, 0.6) is 0 Å². The van der Waals surface area contributed by atoms with Crippen molar-refractivity contribution in [3.05, 3.63) is 71.4 Å². The van der Waals surface area contributed by atoms with Gasteiger partial charge in [0.05, 0.1) is 11.4 Å². The van der Waals surface area contributed by atoms with Gasteiger partial charge in [-0.1, -0.05) is 13.0 Å². The summed E-state index contributed by atoms with van der Waals surface area (Å²) in [4.78, 5) is 19.1. The summed E-state index contributed by atoms with van der Waals surface area (Å²) in [6.45, 7) is 2.67. The molecule has 0 bridgehead atoms. The van der Waals surface area contributed by atoms with E-state index in [4.69, 9.17) is 0 Å². The molecule has 0 fully saturated rings. The van der Waals surface area contributed by atoms with Crippen LogP contribution in [0.1, 0.15) is 41.1 Å². The lowest BCUT2D eigenvalue weighted by Crippen LogP contribution is -2.30. The third-order valence-electron chi connectivity index (χ3n) is 4.41. The predicted molar refractivity (Wildman–Crippen MR) is 91.4 cm³/mol. The molecule has 1 aliphatic rings. The zero-order valence-electron chi connectivity index (χ0n) is 13.7. The van der Waals surface area contributed by atoms with Crippen LogP contribution in [0.2, 0.25) is 0 Å². The minimum Gasteiger partial charge on any atom is -0.324 e. The number of hydrogen-bond donors (Lipinski definition) is 1. The number of nitrogens with one attached hydrogen (secondary N) is 1. The first kappa shape index (κ1) is 15.5. The number of amides is 1. The number of hydrogen-bond acceptors (Lipinski definition) is 3. The molecule has 6 heteroatoms. The molecule has 126 valence electrons. The first-order valence-corrected chi connectivity index (χ1v) is 8.26. The van der Waals surface area contributed by atoms with E-state index in [1.54, 1.807) is 18.3 Å². The van der Waals surface area contributed by atoms with Crippen molar-refractivity contribution in [1.82, 2.24) is 20.1 Å². The zero-order chi connectivity index (χ0) is 17.4. The molecule has 25 heavy (non-hydrogen) atoms. The van der Waals surface area contributed by atoms with Crippen LogP contribution in [0.3, 0.4) is 0 Å². The van der Waals surface area contributed by atoms with Gasteiger partial charge >= 0.3 is 0 Å². The quantitative estimate of drug-likeness (QED) is 0.792. The molecule has 4 rings (SSSR count). The maximum absolute atomic E-state index is 13.3. The average molecular weight is 336 g/mol. The van der Waals surface area contributed by atoms with Crippen LogP contribution < -0.4 is 0 Å². The maximum atomic E-state index is 13.3. The molecule has 1 N–H and O–H groups in total. The molecule has 2 aromatic heterocycles. The lowest BCUT2D eigenvalue weighted by Gasteiger charge is -2.25. The highest BCUT2D eigenvalue weighted by molar-refractivity contribution is 6.00. The Balaban J connectivity index is 1.88. The number of carbonyl (C=O) groups excluding carboxylic acids is 1. The fourth-order valence-electron chi connectivity index (χ4n) is 3.34. The molecule has 3 heterocycles. The summed E-state index contributed by atoms with van der Waals surface area (Å²) < 4.78 is 13.3. The van der Waals surface area contributed by atoms with Crippen molar-refractivity contribution in [3.63, 3.8) is 0 Å². The van der Waals surface area contributed by atoms with E-state index in [-0.39, 0.29) is 17.8 Å². The van der Waals surface area contributed by atoms with E-state index >= 15 is 0 Å². The summed E-state index contributed by atoms with van der Waals surface area (Å²) >= 11 is 0. The Kier molecular flexibility index (Phi) is 3.80. The number of nitrogens with zero attached hydrogens (tertiary/aromatic N) is 3. The smallest absolute Gasteiger partial charge is 0.273 e. The maximum Gasteiger partial charge on any atom is 0.273 e. The van der Waals surface area contributed by atoms with Gasteiger partial charge in [0.25, 0.3) is 5.91 Å². The van der Waals surface area contributed by atoms with Crippen molar-refractivity contribution in [2.45, 2.75) is 19.4 Å². The van der Waals surface area contributed by atoms with Gasteiger partial charge in [-0.3, -0.25) is 14.9 Å². The van der Waals surface area contributed by atoms with Crippen molar-refractivity contribution in [3.8, 4) is 11.3 Å². The van der Waals surface area contributed by atoms with Crippen LogP contribution in [0, 0.1) is 5.82 Å². The van der Waals surface area contributed by atoms with Crippen LogP contribution in [0.15, 0.2) is 48.7 Å². The Morgan fingerprint density at radius 2 is 2.00 bits per heavy atom. The summed E-state index contributed by atoms with van der Waals surface area (Å²) in [6.07, 6.45) is 2.57. The number of pyridine rings is 1. The third kappa shape index (κ3) is 2.50. The van der Waals surface area contributed by atoms with Gasteiger partial charge in [-0.05, 0) is 42.8 Å². The molecule has 1 atom stereocenters. The van der Waals surface area contributed by atoms with Crippen LogP contribution >= 0.6 is 0 Å². The molecule has 0 radical (unpaired) electrons. The Hall–Kier alpha value is -3.02. The second-order valence-electron chi connectivity index (χ2n) is 6.02. The lowest BCUT2D eigenvalue weighted by molar-refractivity contribution is 0.0741. The lowest BCUT2D eigenvalue weighted by atomic mass is 9.99. The van der Waals surface area contributed by atoms with E-state index in [0.717, 1.165) is 23.2 Å². The van der Waals surface area contributed by atoms with Gasteiger partial charge in [-0.15, -0.1) is 0 Å². The van der Waals surface area contributed by atoms with Gasteiger partial charge in [0, 0.05) is 23.9 Å². The number of aromatic amines is 1. The highest BCUT2D eigenvalue weighted by Crippen LogP contribution is 2.42. The van der Waals surface area contributed by atoms with Crippen molar-refractivity contribution in [2.75, 3.05) is 6.54 Å². The van der Waals surface area contributed by atoms with E-state index in [1.165, 1.54) is 12.1 Å². The van der Waals surface area contributed by atoms with Gasteiger partial charge in [0.2, 0.25) is 0 Å². The van der Waals surface area contributed by atoms with Crippen molar-refractivity contribution >= 4 is 5.91 Å². The second kappa shape index (κ2) is 6.12. The first-order valence-electron chi connectivity index (χ1n) is 8.26. The Morgan fingerprint density at radius 3 is 2.68 bits per heavy atom. The van der Waals surface area contributed by atoms with Gasteiger partial charge in [-0.25, -0.2) is 4.39 Å². The summed E-state index contributed by atoms with van der Waals surface area (Å²) in [5.41, 5.74) is 3.53. The Bertz CT molecular complexity index is 905. The first-order chi connectivity index (χ1) is 12.2. The van der Waals surface area contributed by atoms with Crippen molar-refractivity contribution < 1.29 is 9.18 Å². The molecule has 0 aliphatic carbocycles. The third-order valence-corrected chi connectivity index (χ3v) is 4.41. The van der Waals surface area contributed by atoms with Crippen LogP contribution in [-0.4, -0.2) is 32.5 Å². The van der Waals surface area contributed by atoms with E-state index in [0.29, 0.717) is 17.9 Å². The molecule has 1 aliphatic heterocycles. The number of halogens is 1. The number of benzene rings is 1. The van der Waals surface area contributed by atoms with Crippen LogP contribution in [-0.2, 0) is 0 Å². The fourth-order valence-corrected chi connectivity index (χ4v) is 3.34. The van der Waals surface area contributed by atoms with Gasteiger partial charge in [0.15, 0.2) is 0 Å². The van der Waals surface area contributed by atoms with Gasteiger partial charge in [-0.2, -0.15) is 5.10 Å². The number of fused-ring (bicyclic) bond motifs is 1. The van der Waals surface area contributed by atoms with Gasteiger partial charge in [0.1, 0.15) is 17.6 Å². The molecule has 1 aromatic carbocycles. The second-order valence-corrected chi connectivity index (χ2v) is 6.02. The van der Waals surface area contributed by atoms with Crippen LogP contribution in [0.25, 0.3) is 11.3 Å². The number of rotatable bonds is 4. The molecule has 1 amide bonds. The molecule has 0 saturated carbocycles. The molecule has 3 aromatic rings. The highest BCUT2D eigenvalue weighted by atomic mass is 19.1. The zero-order valence-corrected chi connectivity index (χ0v) is 13.7. The van der Waals surface area contributed by atoms with Crippen LogP contribution in [0.4, 0.5) is 4.39 Å². The average Bonchev–Trinajstić information content (AvgIpc) is 3.17. The van der Waals surface area contributed by atoms with E-state index < -0.39 is 0 Å². The van der Waals surface area contributed by atoms with Crippen molar-refractivity contribution in [1.29, 1.82) is 0 Å². The molecule has 0 saturated heterocycles.